The normalized spacial score (nSPS) is 13.1. The summed E-state index contributed by atoms with van der Waals surface area (Å²) in [5, 5.41) is 3.15. The molecule has 0 atom stereocenters. The van der Waals surface area contributed by atoms with Crippen molar-refractivity contribution in [2.75, 3.05) is 0 Å². The zero-order valence-corrected chi connectivity index (χ0v) is 33.0. The minimum Gasteiger partial charge on any atom is -0.452 e. The summed E-state index contributed by atoms with van der Waals surface area (Å²) < 4.78 is 8.92. The van der Waals surface area contributed by atoms with Crippen LogP contribution in [-0.2, 0) is 5.41 Å². The Balaban J connectivity index is 1.07. The lowest BCUT2D eigenvalue weighted by Gasteiger charge is -2.21. The van der Waals surface area contributed by atoms with E-state index in [4.69, 9.17) is 29.3 Å². The molecule has 7 aromatic carbocycles. The monoisotopic (exact) mass is 775 g/mol. The average molecular weight is 776 g/mol. The smallest absolute Gasteiger partial charge is 0.180 e. The summed E-state index contributed by atoms with van der Waals surface area (Å²) in [5.74, 6) is 2.55. The van der Waals surface area contributed by atoms with Crippen molar-refractivity contribution in [3.8, 4) is 67.9 Å². The maximum absolute atomic E-state index is 6.61. The SMILES string of the molecule is CC1(C)c2ccccc2-c2ccc(-c3nc(-c4ccc5sc6cccc(-c7nc(-c8ccccc8)nc(-c8ccccc8)n7)c6c5c4)c4oc5ccccc5c4n3)cc21. The number of fused-ring (bicyclic) bond motifs is 9. The lowest BCUT2D eigenvalue weighted by molar-refractivity contribution is 0.660. The quantitative estimate of drug-likeness (QED) is 0.173. The molecule has 0 aliphatic heterocycles. The van der Waals surface area contributed by atoms with Gasteiger partial charge in [-0.25, -0.2) is 24.9 Å². The van der Waals surface area contributed by atoms with Gasteiger partial charge in [0.2, 0.25) is 0 Å². The molecule has 0 unspecified atom stereocenters. The van der Waals surface area contributed by atoms with E-state index in [-0.39, 0.29) is 5.41 Å². The second kappa shape index (κ2) is 12.8. The van der Waals surface area contributed by atoms with E-state index in [1.165, 1.54) is 22.3 Å². The third kappa shape index (κ3) is 5.28. The Morgan fingerprint density at radius 2 is 1.08 bits per heavy atom. The highest BCUT2D eigenvalue weighted by atomic mass is 32.1. The van der Waals surface area contributed by atoms with Gasteiger partial charge in [0.1, 0.15) is 16.8 Å². The number of rotatable bonds is 5. The van der Waals surface area contributed by atoms with Crippen molar-refractivity contribution in [3.63, 3.8) is 0 Å². The molecule has 0 amide bonds. The van der Waals surface area contributed by atoms with Crippen LogP contribution in [0, 0.1) is 0 Å². The first-order chi connectivity index (χ1) is 29.0. The largest absolute Gasteiger partial charge is 0.452 e. The Kier molecular flexibility index (Phi) is 7.34. The summed E-state index contributed by atoms with van der Waals surface area (Å²) in [6.45, 7) is 4.61. The zero-order valence-electron chi connectivity index (χ0n) is 32.1. The van der Waals surface area contributed by atoms with Crippen LogP contribution in [-0.4, -0.2) is 24.9 Å². The van der Waals surface area contributed by atoms with Crippen molar-refractivity contribution in [1.29, 1.82) is 0 Å². The van der Waals surface area contributed by atoms with Crippen LogP contribution >= 0.6 is 11.3 Å². The molecular weight excluding hydrogens is 743 g/mol. The summed E-state index contributed by atoms with van der Waals surface area (Å²) >= 11 is 1.76. The number of hydrogen-bond donors (Lipinski definition) is 0. The third-order valence-electron chi connectivity index (χ3n) is 11.8. The van der Waals surface area contributed by atoms with Crippen LogP contribution in [0.5, 0.6) is 0 Å². The molecule has 1 aliphatic carbocycles. The maximum Gasteiger partial charge on any atom is 0.180 e. The molecule has 4 heterocycles. The topological polar surface area (TPSA) is 77.6 Å². The van der Waals surface area contributed by atoms with Crippen LogP contribution in [0.4, 0.5) is 0 Å². The summed E-state index contributed by atoms with van der Waals surface area (Å²) in [6.07, 6.45) is 0. The molecule has 0 saturated carbocycles. The molecule has 7 heteroatoms. The fraction of sp³-hybridized carbons (Fsp3) is 0.0577. The fourth-order valence-electron chi connectivity index (χ4n) is 8.85. The molecule has 11 aromatic rings. The van der Waals surface area contributed by atoms with Crippen LogP contribution in [0.3, 0.4) is 0 Å². The van der Waals surface area contributed by atoms with Gasteiger partial charge in [0.25, 0.3) is 0 Å². The second-order valence-electron chi connectivity index (χ2n) is 15.6. The van der Waals surface area contributed by atoms with E-state index in [1.807, 2.05) is 78.9 Å². The van der Waals surface area contributed by atoms with Gasteiger partial charge in [-0.2, -0.15) is 0 Å². The number of para-hydroxylation sites is 1. The van der Waals surface area contributed by atoms with Gasteiger partial charge in [0, 0.05) is 58.8 Å². The summed E-state index contributed by atoms with van der Waals surface area (Å²) in [7, 11) is 0. The van der Waals surface area contributed by atoms with Crippen molar-refractivity contribution < 1.29 is 4.42 Å². The first-order valence-corrected chi connectivity index (χ1v) is 20.6. The Bertz CT molecular complexity index is 3420. The minimum atomic E-state index is -0.151. The van der Waals surface area contributed by atoms with E-state index in [2.05, 4.69) is 98.8 Å². The van der Waals surface area contributed by atoms with Crippen LogP contribution in [0.25, 0.3) is 110 Å². The van der Waals surface area contributed by atoms with Gasteiger partial charge in [0.15, 0.2) is 28.9 Å². The first-order valence-electron chi connectivity index (χ1n) is 19.7. The molecule has 6 nitrogen and oxygen atoms in total. The van der Waals surface area contributed by atoms with Gasteiger partial charge in [-0.05, 0) is 58.7 Å². The number of aromatic nitrogens is 5. The summed E-state index contributed by atoms with van der Waals surface area (Å²) in [4.78, 5) is 25.8. The van der Waals surface area contributed by atoms with E-state index in [9.17, 15) is 0 Å². The van der Waals surface area contributed by atoms with Gasteiger partial charge < -0.3 is 4.42 Å². The van der Waals surface area contributed by atoms with Gasteiger partial charge >= 0.3 is 0 Å². The van der Waals surface area contributed by atoms with Gasteiger partial charge in [0.05, 0.1) is 0 Å². The Morgan fingerprint density at radius 1 is 0.441 bits per heavy atom. The van der Waals surface area contributed by atoms with Crippen molar-refractivity contribution in [1.82, 2.24) is 24.9 Å². The third-order valence-corrected chi connectivity index (χ3v) is 12.9. The number of thiophene rings is 1. The van der Waals surface area contributed by atoms with Crippen molar-refractivity contribution in [2.45, 2.75) is 19.3 Å². The molecule has 1 aliphatic rings. The van der Waals surface area contributed by atoms with Gasteiger partial charge in [-0.15, -0.1) is 11.3 Å². The molecule has 12 rings (SSSR count). The molecule has 0 spiro atoms. The lowest BCUT2D eigenvalue weighted by atomic mass is 9.82. The lowest BCUT2D eigenvalue weighted by Crippen LogP contribution is -2.15. The number of hydrogen-bond acceptors (Lipinski definition) is 7. The van der Waals surface area contributed by atoms with E-state index < -0.39 is 0 Å². The molecule has 0 bridgehead atoms. The molecule has 0 radical (unpaired) electrons. The maximum atomic E-state index is 6.61. The van der Waals surface area contributed by atoms with Crippen LogP contribution in [0.1, 0.15) is 25.0 Å². The van der Waals surface area contributed by atoms with Crippen molar-refractivity contribution >= 4 is 53.6 Å². The van der Waals surface area contributed by atoms with Gasteiger partial charge in [-0.3, -0.25) is 0 Å². The fourth-order valence-corrected chi connectivity index (χ4v) is 9.96. The Morgan fingerprint density at radius 3 is 1.88 bits per heavy atom. The molecule has 0 N–H and O–H groups in total. The minimum absolute atomic E-state index is 0.151. The Hall–Kier alpha value is -7.35. The van der Waals surface area contributed by atoms with Crippen molar-refractivity contribution in [2.24, 2.45) is 0 Å². The molecule has 4 aromatic heterocycles. The molecule has 59 heavy (non-hydrogen) atoms. The van der Waals surface area contributed by atoms with E-state index in [1.54, 1.807) is 11.3 Å². The first kappa shape index (κ1) is 33.8. The predicted molar refractivity (Wildman–Crippen MR) is 240 cm³/mol. The van der Waals surface area contributed by atoms with Crippen LogP contribution in [0.15, 0.2) is 168 Å². The average Bonchev–Trinajstić information content (AvgIpc) is 3.94. The number of nitrogens with zero attached hydrogens (tertiary/aromatic N) is 5. The predicted octanol–water partition coefficient (Wildman–Crippen LogP) is 13.6. The molecule has 0 fully saturated rings. The highest BCUT2D eigenvalue weighted by Gasteiger charge is 2.35. The van der Waals surface area contributed by atoms with Crippen LogP contribution < -0.4 is 0 Å². The number of benzene rings is 7. The second-order valence-corrected chi connectivity index (χ2v) is 16.7. The summed E-state index contributed by atoms with van der Waals surface area (Å²) in [6, 6.07) is 56.7. The highest BCUT2D eigenvalue weighted by molar-refractivity contribution is 7.26. The molecular formula is C52H33N5OS. The van der Waals surface area contributed by atoms with E-state index >= 15 is 0 Å². The van der Waals surface area contributed by atoms with E-state index in [0.717, 1.165) is 70.2 Å². The Labute approximate surface area is 343 Å². The van der Waals surface area contributed by atoms with Gasteiger partial charge in [-0.1, -0.05) is 141 Å². The van der Waals surface area contributed by atoms with Crippen LogP contribution in [0.2, 0.25) is 0 Å². The van der Waals surface area contributed by atoms with E-state index in [0.29, 0.717) is 28.9 Å². The molecule has 278 valence electrons. The number of furan rings is 1. The highest BCUT2D eigenvalue weighted by Crippen LogP contribution is 2.50. The summed E-state index contributed by atoms with van der Waals surface area (Å²) in [5.41, 5.74) is 12.7. The van der Waals surface area contributed by atoms with Crippen molar-refractivity contribution in [3.05, 3.63) is 175 Å². The molecule has 0 saturated heterocycles. The standard InChI is InChI=1S/C52H33N5OS/c1-52(2)39-21-11-9-18-34(39)35-26-24-33(29-40(35)52)50-53-45(47-46(54-50)36-19-10-12-22-41(36)58-47)32-25-27-42-38(28-32)44-37(20-13-23-43(44)59-42)51-56-48(30-14-5-3-6-15-30)55-49(57-51)31-16-7-4-8-17-31/h3-29H,1-2H3. The zero-order chi connectivity index (χ0) is 39.2.